The van der Waals surface area contributed by atoms with Gasteiger partial charge in [-0.2, -0.15) is 0 Å². The number of ether oxygens (including phenoxy) is 1. The van der Waals surface area contributed by atoms with Crippen molar-refractivity contribution in [1.29, 1.82) is 0 Å². The summed E-state index contributed by atoms with van der Waals surface area (Å²) in [5.41, 5.74) is 2.56. The van der Waals surface area contributed by atoms with E-state index in [1.165, 1.54) is 15.7 Å². The molecule has 4 heteroatoms. The highest BCUT2D eigenvalue weighted by molar-refractivity contribution is 9.10. The number of halogens is 2. The Hall–Kier alpha value is -0.0600. The largest absolute Gasteiger partial charge is 0.378 e. The molecule has 0 bridgehead atoms. The fraction of sp³-hybridized carbons (Fsp3) is 0.455. The minimum absolute atomic E-state index is 0.826. The molecule has 1 aromatic carbocycles. The molecule has 0 amide bonds. The van der Waals surface area contributed by atoms with Crippen LogP contribution in [0, 0.1) is 0 Å². The van der Waals surface area contributed by atoms with Gasteiger partial charge in [0.25, 0.3) is 0 Å². The van der Waals surface area contributed by atoms with Gasteiger partial charge in [0.1, 0.15) is 0 Å². The van der Waals surface area contributed by atoms with Gasteiger partial charge in [0.05, 0.1) is 18.9 Å². The van der Waals surface area contributed by atoms with Crippen molar-refractivity contribution in [1.82, 2.24) is 0 Å². The lowest BCUT2D eigenvalue weighted by Gasteiger charge is -2.29. The van der Waals surface area contributed by atoms with Gasteiger partial charge in [-0.15, -0.1) is 0 Å². The van der Waals surface area contributed by atoms with E-state index < -0.39 is 0 Å². The van der Waals surface area contributed by atoms with Crippen molar-refractivity contribution >= 4 is 37.5 Å². The highest BCUT2D eigenvalue weighted by atomic mass is 79.9. The molecule has 0 saturated carbocycles. The Morgan fingerprint density at radius 3 is 2.60 bits per heavy atom. The van der Waals surface area contributed by atoms with Crippen LogP contribution in [0.3, 0.4) is 0 Å². The van der Waals surface area contributed by atoms with Gasteiger partial charge in [-0.3, -0.25) is 0 Å². The fourth-order valence-electron chi connectivity index (χ4n) is 1.69. The van der Waals surface area contributed by atoms with E-state index in [0.29, 0.717) is 0 Å². The van der Waals surface area contributed by atoms with E-state index in [2.05, 4.69) is 55.0 Å². The molecule has 0 aromatic heterocycles. The third-order valence-electron chi connectivity index (χ3n) is 2.52. The monoisotopic (exact) mass is 333 g/mol. The predicted octanol–water partition coefficient (Wildman–Crippen LogP) is 3.18. The van der Waals surface area contributed by atoms with Crippen molar-refractivity contribution < 1.29 is 4.74 Å². The second-order valence-electron chi connectivity index (χ2n) is 3.52. The molecule has 0 spiro atoms. The Kier molecular flexibility index (Phi) is 4.05. The lowest BCUT2D eigenvalue weighted by molar-refractivity contribution is 0.122. The molecule has 0 unspecified atom stereocenters. The molecule has 82 valence electrons. The van der Waals surface area contributed by atoms with Crippen LogP contribution in [0.5, 0.6) is 0 Å². The van der Waals surface area contributed by atoms with Crippen molar-refractivity contribution in [3.05, 3.63) is 28.2 Å². The molecule has 2 rings (SSSR count). The maximum atomic E-state index is 5.34. The topological polar surface area (TPSA) is 12.5 Å². The van der Waals surface area contributed by atoms with E-state index in [4.69, 9.17) is 4.74 Å². The lowest BCUT2D eigenvalue weighted by Crippen LogP contribution is -2.36. The van der Waals surface area contributed by atoms with Gasteiger partial charge >= 0.3 is 0 Å². The van der Waals surface area contributed by atoms with E-state index in [9.17, 15) is 0 Å². The number of nitrogens with zero attached hydrogens (tertiary/aromatic N) is 1. The van der Waals surface area contributed by atoms with Gasteiger partial charge in [0, 0.05) is 22.9 Å². The standard InChI is InChI=1S/C11H13Br2NO/c12-8-9-1-2-11(10(13)7-9)14-3-5-15-6-4-14/h1-2,7H,3-6,8H2. The number of alkyl halides is 1. The van der Waals surface area contributed by atoms with Crippen LogP contribution < -0.4 is 4.90 Å². The normalized spacial score (nSPS) is 16.8. The minimum atomic E-state index is 0.826. The SMILES string of the molecule is BrCc1ccc(N2CCOCC2)c(Br)c1. The first-order chi connectivity index (χ1) is 7.31. The van der Waals surface area contributed by atoms with Crippen LogP contribution in [0.25, 0.3) is 0 Å². The molecule has 15 heavy (non-hydrogen) atoms. The smallest absolute Gasteiger partial charge is 0.0642 e. The molecule has 2 nitrogen and oxygen atoms in total. The average molecular weight is 335 g/mol. The Morgan fingerprint density at radius 2 is 2.00 bits per heavy atom. The summed E-state index contributed by atoms with van der Waals surface area (Å²) in [6.07, 6.45) is 0. The quantitative estimate of drug-likeness (QED) is 0.770. The maximum Gasteiger partial charge on any atom is 0.0642 e. The molecule has 1 heterocycles. The molecule has 0 radical (unpaired) electrons. The Bertz CT molecular complexity index is 337. The van der Waals surface area contributed by atoms with Gasteiger partial charge < -0.3 is 9.64 Å². The number of anilines is 1. The fourth-order valence-corrected chi connectivity index (χ4v) is 2.72. The first-order valence-electron chi connectivity index (χ1n) is 4.98. The summed E-state index contributed by atoms with van der Waals surface area (Å²) >= 11 is 7.08. The molecule has 1 aromatic rings. The van der Waals surface area contributed by atoms with Crippen molar-refractivity contribution in [2.75, 3.05) is 31.2 Å². The predicted molar refractivity (Wildman–Crippen MR) is 69.8 cm³/mol. The summed E-state index contributed by atoms with van der Waals surface area (Å²) in [7, 11) is 0. The van der Waals surface area contributed by atoms with Crippen LogP contribution in [0.2, 0.25) is 0 Å². The van der Waals surface area contributed by atoms with Crippen molar-refractivity contribution in [3.63, 3.8) is 0 Å². The highest BCUT2D eigenvalue weighted by Gasteiger charge is 2.13. The number of rotatable bonds is 2. The van der Waals surface area contributed by atoms with Gasteiger partial charge in [0.2, 0.25) is 0 Å². The zero-order chi connectivity index (χ0) is 10.7. The van der Waals surface area contributed by atoms with Crippen LogP contribution in [-0.4, -0.2) is 26.3 Å². The third-order valence-corrected chi connectivity index (χ3v) is 3.80. The summed E-state index contributed by atoms with van der Waals surface area (Å²) in [5.74, 6) is 0. The van der Waals surface area contributed by atoms with E-state index in [1.54, 1.807) is 0 Å². The lowest BCUT2D eigenvalue weighted by atomic mass is 10.2. The molecule has 1 saturated heterocycles. The van der Waals surface area contributed by atoms with Crippen LogP contribution in [0.4, 0.5) is 5.69 Å². The van der Waals surface area contributed by atoms with Gasteiger partial charge in [-0.1, -0.05) is 22.0 Å². The molecule has 1 aliphatic heterocycles. The first kappa shape index (κ1) is 11.4. The maximum absolute atomic E-state index is 5.34. The molecule has 0 N–H and O–H groups in total. The zero-order valence-electron chi connectivity index (χ0n) is 8.38. The number of benzene rings is 1. The Balaban J connectivity index is 2.19. The first-order valence-corrected chi connectivity index (χ1v) is 6.90. The Morgan fingerprint density at radius 1 is 1.27 bits per heavy atom. The molecule has 0 aliphatic carbocycles. The van der Waals surface area contributed by atoms with Gasteiger partial charge in [-0.25, -0.2) is 0 Å². The Labute approximate surface area is 107 Å². The summed E-state index contributed by atoms with van der Waals surface area (Å²) < 4.78 is 6.51. The molecule has 1 aliphatic rings. The molecule has 1 fully saturated rings. The summed E-state index contributed by atoms with van der Waals surface area (Å²) in [5, 5.41) is 0.898. The number of hydrogen-bond acceptors (Lipinski definition) is 2. The highest BCUT2D eigenvalue weighted by Crippen LogP contribution is 2.28. The average Bonchev–Trinajstić information content (AvgIpc) is 2.30. The zero-order valence-corrected chi connectivity index (χ0v) is 11.6. The van der Waals surface area contributed by atoms with E-state index in [0.717, 1.165) is 31.6 Å². The van der Waals surface area contributed by atoms with Crippen molar-refractivity contribution in [2.24, 2.45) is 0 Å². The van der Waals surface area contributed by atoms with Crippen LogP contribution in [0.1, 0.15) is 5.56 Å². The van der Waals surface area contributed by atoms with Gasteiger partial charge in [0.15, 0.2) is 0 Å². The molecular formula is C11H13Br2NO. The molecule has 0 atom stereocenters. The van der Waals surface area contributed by atoms with Crippen LogP contribution in [-0.2, 0) is 10.1 Å². The minimum Gasteiger partial charge on any atom is -0.378 e. The molecular weight excluding hydrogens is 322 g/mol. The second kappa shape index (κ2) is 5.32. The van der Waals surface area contributed by atoms with Crippen LogP contribution in [0.15, 0.2) is 22.7 Å². The summed E-state index contributed by atoms with van der Waals surface area (Å²) in [6, 6.07) is 6.50. The van der Waals surface area contributed by atoms with E-state index in [1.807, 2.05) is 0 Å². The number of hydrogen-bond donors (Lipinski definition) is 0. The van der Waals surface area contributed by atoms with Crippen LogP contribution >= 0.6 is 31.9 Å². The summed E-state index contributed by atoms with van der Waals surface area (Å²) in [6.45, 7) is 3.61. The third kappa shape index (κ3) is 2.74. The number of morpholine rings is 1. The van der Waals surface area contributed by atoms with E-state index in [-0.39, 0.29) is 0 Å². The summed E-state index contributed by atoms with van der Waals surface area (Å²) in [4.78, 5) is 2.35. The van der Waals surface area contributed by atoms with Gasteiger partial charge in [-0.05, 0) is 33.6 Å². The second-order valence-corrected chi connectivity index (χ2v) is 4.93. The van der Waals surface area contributed by atoms with E-state index >= 15 is 0 Å². The van der Waals surface area contributed by atoms with Crippen molar-refractivity contribution in [3.8, 4) is 0 Å². The van der Waals surface area contributed by atoms with Crippen molar-refractivity contribution in [2.45, 2.75) is 5.33 Å².